The lowest BCUT2D eigenvalue weighted by molar-refractivity contribution is 0.0862. The number of benzene rings is 1. The summed E-state index contributed by atoms with van der Waals surface area (Å²) in [5, 5.41) is 4.84. The number of nitrogens with zero attached hydrogens (tertiary/aromatic N) is 1. The Morgan fingerprint density at radius 2 is 2.28 bits per heavy atom. The van der Waals surface area contributed by atoms with E-state index in [-0.39, 0.29) is 12.0 Å². The van der Waals surface area contributed by atoms with Crippen LogP contribution in [0.1, 0.15) is 33.6 Å². The van der Waals surface area contributed by atoms with Crippen LogP contribution in [0.25, 0.3) is 21.1 Å². The summed E-state index contributed by atoms with van der Waals surface area (Å²) in [6.45, 7) is 5.46. The molecule has 0 bridgehead atoms. The van der Waals surface area contributed by atoms with Gasteiger partial charge in [-0.1, -0.05) is 12.1 Å². The van der Waals surface area contributed by atoms with Crippen LogP contribution in [0.4, 0.5) is 5.69 Å². The van der Waals surface area contributed by atoms with Crippen LogP contribution in [-0.2, 0) is 4.74 Å². The van der Waals surface area contributed by atoms with Gasteiger partial charge in [-0.15, -0.1) is 11.3 Å². The number of fused-ring (bicyclic) bond motifs is 2. The minimum absolute atomic E-state index is 0.117. The normalized spacial score (nSPS) is 17.4. The quantitative estimate of drug-likeness (QED) is 0.753. The summed E-state index contributed by atoms with van der Waals surface area (Å²) in [6.07, 6.45) is 2.17. The Kier molecular flexibility index (Phi) is 4.09. The van der Waals surface area contributed by atoms with E-state index in [0.717, 1.165) is 46.1 Å². The fourth-order valence-electron chi connectivity index (χ4n) is 3.27. The van der Waals surface area contributed by atoms with E-state index in [0.29, 0.717) is 17.1 Å². The van der Waals surface area contributed by atoms with E-state index >= 15 is 0 Å². The molecule has 25 heavy (non-hydrogen) atoms. The summed E-state index contributed by atoms with van der Waals surface area (Å²) in [5.41, 5.74) is 10.1. The summed E-state index contributed by atoms with van der Waals surface area (Å²) in [4.78, 5) is 18.7. The lowest BCUT2D eigenvalue weighted by Crippen LogP contribution is -2.31. The van der Waals surface area contributed by atoms with Crippen molar-refractivity contribution in [1.29, 1.82) is 0 Å². The first-order chi connectivity index (χ1) is 12.0. The molecular weight excluding hydrogens is 334 g/mol. The number of ether oxygens (including phenoxy) is 1. The van der Waals surface area contributed by atoms with Crippen molar-refractivity contribution in [1.82, 2.24) is 10.3 Å². The zero-order valence-electron chi connectivity index (χ0n) is 14.4. The number of amides is 1. The number of nitrogens with one attached hydrogen (secondary N) is 1. The van der Waals surface area contributed by atoms with Gasteiger partial charge in [-0.2, -0.15) is 0 Å². The fourth-order valence-corrected chi connectivity index (χ4v) is 4.27. The molecule has 3 aromatic rings. The van der Waals surface area contributed by atoms with Crippen molar-refractivity contribution in [2.45, 2.75) is 32.8 Å². The van der Waals surface area contributed by atoms with E-state index in [2.05, 4.69) is 31.3 Å². The van der Waals surface area contributed by atoms with Crippen molar-refractivity contribution in [2.24, 2.45) is 0 Å². The third-order valence-corrected chi connectivity index (χ3v) is 6.04. The van der Waals surface area contributed by atoms with E-state index in [1.165, 1.54) is 16.9 Å². The number of nitrogens with two attached hydrogens (primary N) is 1. The first-order valence-electron chi connectivity index (χ1n) is 8.53. The second kappa shape index (κ2) is 6.28. The van der Waals surface area contributed by atoms with Crippen molar-refractivity contribution >= 4 is 44.1 Å². The van der Waals surface area contributed by atoms with Crippen LogP contribution in [-0.4, -0.2) is 30.1 Å². The highest BCUT2D eigenvalue weighted by molar-refractivity contribution is 7.21. The fraction of sp³-hybridized carbons (Fsp3) is 0.368. The van der Waals surface area contributed by atoms with E-state index < -0.39 is 0 Å². The summed E-state index contributed by atoms with van der Waals surface area (Å²) < 4.78 is 5.55. The van der Waals surface area contributed by atoms with Crippen LogP contribution in [0.15, 0.2) is 18.2 Å². The Morgan fingerprint density at radius 3 is 3.04 bits per heavy atom. The van der Waals surface area contributed by atoms with Crippen LogP contribution in [0, 0.1) is 13.8 Å². The molecule has 1 aromatic carbocycles. The molecule has 130 valence electrons. The van der Waals surface area contributed by atoms with Gasteiger partial charge in [0.05, 0.1) is 17.3 Å². The number of nitrogen functional groups attached to an aromatic ring is 1. The molecule has 6 heteroatoms. The van der Waals surface area contributed by atoms with Gasteiger partial charge in [0.25, 0.3) is 5.91 Å². The molecule has 5 nitrogen and oxygen atoms in total. The van der Waals surface area contributed by atoms with Gasteiger partial charge >= 0.3 is 0 Å². The number of aryl methyl sites for hydroxylation is 2. The highest BCUT2D eigenvalue weighted by atomic mass is 32.1. The van der Waals surface area contributed by atoms with Gasteiger partial charge in [-0.25, -0.2) is 4.98 Å². The van der Waals surface area contributed by atoms with Crippen molar-refractivity contribution < 1.29 is 9.53 Å². The number of hydrogen-bond donors (Lipinski definition) is 2. The highest BCUT2D eigenvalue weighted by Crippen LogP contribution is 2.35. The summed E-state index contributed by atoms with van der Waals surface area (Å²) >= 11 is 1.35. The average Bonchev–Trinajstić information content (AvgIpc) is 3.23. The van der Waals surface area contributed by atoms with Gasteiger partial charge in [0, 0.05) is 23.9 Å². The number of carbonyl (C=O) groups excluding carboxylic acids is 1. The minimum Gasteiger partial charge on any atom is -0.397 e. The number of thiophene rings is 1. The monoisotopic (exact) mass is 355 g/mol. The maximum atomic E-state index is 12.5. The molecule has 0 saturated carbocycles. The van der Waals surface area contributed by atoms with Gasteiger partial charge in [0.1, 0.15) is 9.71 Å². The van der Waals surface area contributed by atoms with Gasteiger partial charge in [-0.05, 0) is 43.9 Å². The molecule has 1 saturated heterocycles. The summed E-state index contributed by atoms with van der Waals surface area (Å²) in [5.74, 6) is -0.145. The Morgan fingerprint density at radius 1 is 1.44 bits per heavy atom. The summed E-state index contributed by atoms with van der Waals surface area (Å²) in [6, 6.07) is 6.17. The molecule has 1 aliphatic heterocycles. The number of aromatic nitrogens is 1. The third kappa shape index (κ3) is 2.85. The number of rotatable bonds is 3. The number of anilines is 1. The molecule has 0 aliphatic carbocycles. The van der Waals surface area contributed by atoms with Crippen LogP contribution in [0.2, 0.25) is 0 Å². The van der Waals surface area contributed by atoms with Gasteiger partial charge in [0.2, 0.25) is 0 Å². The average molecular weight is 355 g/mol. The first kappa shape index (κ1) is 16.3. The number of carbonyl (C=O) groups is 1. The molecule has 0 unspecified atom stereocenters. The van der Waals surface area contributed by atoms with Crippen molar-refractivity contribution in [2.75, 3.05) is 18.9 Å². The molecule has 1 aliphatic rings. The molecular formula is C19H21N3O2S. The van der Waals surface area contributed by atoms with Crippen LogP contribution < -0.4 is 11.1 Å². The van der Waals surface area contributed by atoms with Gasteiger partial charge in [-0.3, -0.25) is 4.79 Å². The highest BCUT2D eigenvalue weighted by Gasteiger charge is 2.21. The minimum atomic E-state index is -0.145. The predicted molar refractivity (Wildman–Crippen MR) is 102 cm³/mol. The van der Waals surface area contributed by atoms with E-state index in [9.17, 15) is 4.79 Å². The second-order valence-electron chi connectivity index (χ2n) is 6.61. The third-order valence-electron chi connectivity index (χ3n) is 4.93. The Bertz CT molecular complexity index is 974. The number of hydrogen-bond acceptors (Lipinski definition) is 5. The lowest BCUT2D eigenvalue weighted by Gasteiger charge is -2.10. The van der Waals surface area contributed by atoms with E-state index in [1.54, 1.807) is 0 Å². The predicted octanol–water partition coefficient (Wildman–Crippen LogP) is 3.56. The Hall–Kier alpha value is -2.18. The largest absolute Gasteiger partial charge is 0.397 e. The Labute approximate surface area is 150 Å². The molecule has 0 radical (unpaired) electrons. The maximum absolute atomic E-state index is 12.5. The molecule has 3 N–H and O–H groups in total. The number of pyridine rings is 1. The topological polar surface area (TPSA) is 77.2 Å². The molecule has 3 heterocycles. The standard InChI is InChI=1S/C19H21N3O2S/c1-10-5-6-12-8-14-15(20)17(25-19(14)22-16(12)11(10)2)18(23)21-9-13-4-3-7-24-13/h5-6,8,13H,3-4,7,9,20H2,1-2H3,(H,21,23)/t13-/m0/s1. The Balaban J connectivity index is 1.69. The molecule has 4 rings (SSSR count). The first-order valence-corrected chi connectivity index (χ1v) is 9.35. The van der Waals surface area contributed by atoms with E-state index in [4.69, 9.17) is 15.5 Å². The van der Waals surface area contributed by atoms with Gasteiger partial charge < -0.3 is 15.8 Å². The lowest BCUT2D eigenvalue weighted by atomic mass is 10.0. The maximum Gasteiger partial charge on any atom is 0.263 e. The van der Waals surface area contributed by atoms with Crippen molar-refractivity contribution in [3.63, 3.8) is 0 Å². The molecule has 1 amide bonds. The van der Waals surface area contributed by atoms with Crippen molar-refractivity contribution in [3.05, 3.63) is 34.2 Å². The molecule has 0 spiro atoms. The molecule has 2 aromatic heterocycles. The van der Waals surface area contributed by atoms with Crippen LogP contribution >= 0.6 is 11.3 Å². The zero-order valence-corrected chi connectivity index (χ0v) is 15.2. The van der Waals surface area contributed by atoms with Gasteiger partial charge in [0.15, 0.2) is 0 Å². The van der Waals surface area contributed by atoms with E-state index in [1.807, 2.05) is 6.07 Å². The van der Waals surface area contributed by atoms with Crippen LogP contribution in [0.3, 0.4) is 0 Å². The molecule has 1 atom stereocenters. The zero-order chi connectivity index (χ0) is 17.6. The molecule has 1 fully saturated rings. The smallest absolute Gasteiger partial charge is 0.263 e. The van der Waals surface area contributed by atoms with Crippen molar-refractivity contribution in [3.8, 4) is 0 Å². The summed E-state index contributed by atoms with van der Waals surface area (Å²) in [7, 11) is 0. The van der Waals surface area contributed by atoms with Crippen LogP contribution in [0.5, 0.6) is 0 Å². The SMILES string of the molecule is Cc1ccc2cc3c(N)c(C(=O)NC[C@@H]4CCCO4)sc3nc2c1C. The second-order valence-corrected chi connectivity index (χ2v) is 7.61.